The highest BCUT2D eigenvalue weighted by molar-refractivity contribution is 5.98. The van der Waals surface area contributed by atoms with Gasteiger partial charge in [-0.05, 0) is 30.2 Å². The lowest BCUT2D eigenvalue weighted by molar-refractivity contribution is -0.255. The molecule has 2 aromatic rings. The van der Waals surface area contributed by atoms with Gasteiger partial charge in [0.15, 0.2) is 0 Å². The Morgan fingerprint density at radius 1 is 1.15 bits per heavy atom. The summed E-state index contributed by atoms with van der Waals surface area (Å²) in [6.45, 7) is 2.28. The zero-order chi connectivity index (χ0) is 18.7. The molecule has 0 saturated carbocycles. The lowest BCUT2D eigenvalue weighted by Crippen LogP contribution is -2.30. The minimum absolute atomic E-state index is 0.00961. The molecular weight excluding hydrogens is 332 g/mol. The van der Waals surface area contributed by atoms with Crippen molar-refractivity contribution in [2.24, 2.45) is 5.92 Å². The topological polar surface area (TPSA) is 89.5 Å². The van der Waals surface area contributed by atoms with E-state index < -0.39 is 11.9 Å². The summed E-state index contributed by atoms with van der Waals surface area (Å²) in [5.41, 5.74) is 1.38. The fraction of sp³-hybridized carbons (Fsp3) is 0.250. The summed E-state index contributed by atoms with van der Waals surface area (Å²) in [6.07, 6.45) is 0.142. The van der Waals surface area contributed by atoms with Crippen LogP contribution in [-0.4, -0.2) is 29.2 Å². The van der Waals surface area contributed by atoms with Crippen LogP contribution in [0.3, 0.4) is 0 Å². The monoisotopic (exact) mass is 351 g/mol. The van der Waals surface area contributed by atoms with Crippen molar-refractivity contribution in [3.8, 4) is 0 Å². The molecular formula is C20H19N2O4-. The Labute approximate surface area is 151 Å². The van der Waals surface area contributed by atoms with E-state index in [1.165, 1.54) is 18.2 Å². The number of benzene rings is 2. The van der Waals surface area contributed by atoms with Crippen LogP contribution in [0.1, 0.15) is 35.3 Å². The van der Waals surface area contributed by atoms with Crippen molar-refractivity contribution in [1.29, 1.82) is 0 Å². The van der Waals surface area contributed by atoms with Gasteiger partial charge in [0.1, 0.15) is 0 Å². The first-order valence-corrected chi connectivity index (χ1v) is 8.42. The summed E-state index contributed by atoms with van der Waals surface area (Å²) in [4.78, 5) is 37.5. The van der Waals surface area contributed by atoms with Gasteiger partial charge in [-0.2, -0.15) is 0 Å². The average molecular weight is 351 g/mol. The van der Waals surface area contributed by atoms with Crippen molar-refractivity contribution in [3.63, 3.8) is 0 Å². The predicted octanol–water partition coefficient (Wildman–Crippen LogP) is 1.60. The van der Waals surface area contributed by atoms with E-state index in [1.54, 1.807) is 11.0 Å². The first-order chi connectivity index (χ1) is 12.5. The maximum Gasteiger partial charge on any atom is 0.229 e. The molecule has 2 atom stereocenters. The second-order valence-electron chi connectivity index (χ2n) is 6.39. The molecule has 1 fully saturated rings. The van der Waals surface area contributed by atoms with E-state index in [-0.39, 0.29) is 29.8 Å². The highest BCUT2D eigenvalue weighted by atomic mass is 16.4. The lowest BCUT2D eigenvalue weighted by atomic mass is 10.1. The molecule has 0 radical (unpaired) electrons. The molecule has 1 saturated heterocycles. The first-order valence-electron chi connectivity index (χ1n) is 8.42. The standard InChI is InChI=1S/C20H20N2O4/c1-13(14-6-3-2-4-7-14)22-12-16(11-18(22)23)19(24)21-17-9-5-8-15(10-17)20(25)26/h2-10,13,16H,11-12H2,1H3,(H,21,24)(H,25,26)/p-1/t13-,16-/m0/s1. The predicted molar refractivity (Wildman–Crippen MR) is 94.1 cm³/mol. The molecule has 6 heteroatoms. The van der Waals surface area contributed by atoms with Crippen LogP contribution in [0.15, 0.2) is 54.6 Å². The summed E-state index contributed by atoms with van der Waals surface area (Å²) in [5, 5.41) is 13.6. The number of anilines is 1. The van der Waals surface area contributed by atoms with Crippen molar-refractivity contribution in [2.45, 2.75) is 19.4 Å². The molecule has 1 heterocycles. The number of carbonyl (C=O) groups excluding carboxylic acids is 3. The van der Waals surface area contributed by atoms with Crippen molar-refractivity contribution in [3.05, 3.63) is 65.7 Å². The SMILES string of the molecule is C[C@@H](c1ccccc1)N1C[C@@H](C(=O)Nc2cccc(C(=O)[O-])c2)CC1=O. The van der Waals surface area contributed by atoms with Crippen LogP contribution < -0.4 is 10.4 Å². The lowest BCUT2D eigenvalue weighted by Gasteiger charge is -2.25. The van der Waals surface area contributed by atoms with Crippen LogP contribution in [0, 0.1) is 5.92 Å². The van der Waals surface area contributed by atoms with Crippen LogP contribution in [0.25, 0.3) is 0 Å². The van der Waals surface area contributed by atoms with Gasteiger partial charge in [0.2, 0.25) is 11.8 Å². The number of hydrogen-bond donors (Lipinski definition) is 1. The Balaban J connectivity index is 1.67. The van der Waals surface area contributed by atoms with Crippen LogP contribution in [-0.2, 0) is 9.59 Å². The summed E-state index contributed by atoms with van der Waals surface area (Å²) >= 11 is 0. The molecule has 2 amide bonds. The van der Waals surface area contributed by atoms with E-state index in [2.05, 4.69) is 5.32 Å². The molecule has 0 aromatic heterocycles. The number of likely N-dealkylation sites (tertiary alicyclic amines) is 1. The number of carboxylic acids is 1. The minimum Gasteiger partial charge on any atom is -0.545 e. The van der Waals surface area contributed by atoms with Gasteiger partial charge in [0.05, 0.1) is 17.9 Å². The molecule has 0 spiro atoms. The Kier molecular flexibility index (Phi) is 5.02. The second-order valence-corrected chi connectivity index (χ2v) is 6.39. The Morgan fingerprint density at radius 3 is 2.58 bits per heavy atom. The number of nitrogens with one attached hydrogen (secondary N) is 1. The number of amides is 2. The van der Waals surface area contributed by atoms with E-state index in [1.807, 2.05) is 37.3 Å². The fourth-order valence-electron chi connectivity index (χ4n) is 3.16. The number of nitrogens with zero attached hydrogens (tertiary/aromatic N) is 1. The number of carboxylic acid groups (broad SMARTS) is 1. The molecule has 2 aromatic carbocycles. The van der Waals surface area contributed by atoms with Crippen molar-refractivity contribution < 1.29 is 19.5 Å². The number of carbonyl (C=O) groups is 3. The Bertz CT molecular complexity index is 835. The van der Waals surface area contributed by atoms with Gasteiger partial charge >= 0.3 is 0 Å². The third kappa shape index (κ3) is 3.74. The first kappa shape index (κ1) is 17.7. The zero-order valence-corrected chi connectivity index (χ0v) is 14.3. The molecule has 6 nitrogen and oxygen atoms in total. The van der Waals surface area contributed by atoms with Crippen LogP contribution in [0.4, 0.5) is 5.69 Å². The van der Waals surface area contributed by atoms with Gasteiger partial charge in [-0.1, -0.05) is 42.5 Å². The molecule has 0 aliphatic carbocycles. The summed E-state index contributed by atoms with van der Waals surface area (Å²) in [5.74, 6) is -2.14. The van der Waals surface area contributed by atoms with Gasteiger partial charge in [0, 0.05) is 18.7 Å². The molecule has 1 aliphatic heterocycles. The van der Waals surface area contributed by atoms with Gasteiger partial charge in [-0.3, -0.25) is 9.59 Å². The number of rotatable bonds is 5. The van der Waals surface area contributed by atoms with Gasteiger partial charge in [-0.25, -0.2) is 0 Å². The average Bonchev–Trinajstić information content (AvgIpc) is 3.04. The second kappa shape index (κ2) is 7.39. The van der Waals surface area contributed by atoms with E-state index in [4.69, 9.17) is 0 Å². The normalized spacial score (nSPS) is 17.8. The van der Waals surface area contributed by atoms with Crippen molar-refractivity contribution >= 4 is 23.5 Å². The third-order valence-corrected chi connectivity index (χ3v) is 4.64. The van der Waals surface area contributed by atoms with E-state index in [9.17, 15) is 19.5 Å². The summed E-state index contributed by atoms with van der Waals surface area (Å²) < 4.78 is 0. The van der Waals surface area contributed by atoms with E-state index in [0.717, 1.165) is 5.56 Å². The maximum atomic E-state index is 12.5. The molecule has 3 rings (SSSR count). The zero-order valence-electron chi connectivity index (χ0n) is 14.3. The smallest absolute Gasteiger partial charge is 0.229 e. The highest BCUT2D eigenvalue weighted by Gasteiger charge is 2.37. The van der Waals surface area contributed by atoms with Gasteiger partial charge in [-0.15, -0.1) is 0 Å². The van der Waals surface area contributed by atoms with E-state index >= 15 is 0 Å². The van der Waals surface area contributed by atoms with Crippen molar-refractivity contribution in [2.75, 3.05) is 11.9 Å². The maximum absolute atomic E-state index is 12.5. The van der Waals surface area contributed by atoms with Crippen LogP contribution in [0.2, 0.25) is 0 Å². The highest BCUT2D eigenvalue weighted by Crippen LogP contribution is 2.29. The van der Waals surface area contributed by atoms with Crippen LogP contribution >= 0.6 is 0 Å². The largest absolute Gasteiger partial charge is 0.545 e. The van der Waals surface area contributed by atoms with E-state index in [0.29, 0.717) is 12.2 Å². The minimum atomic E-state index is -1.31. The van der Waals surface area contributed by atoms with Gasteiger partial charge < -0.3 is 20.1 Å². The third-order valence-electron chi connectivity index (χ3n) is 4.64. The summed E-state index contributed by atoms with van der Waals surface area (Å²) in [6, 6.07) is 15.4. The summed E-state index contributed by atoms with van der Waals surface area (Å²) in [7, 11) is 0. The molecule has 1 aliphatic rings. The molecule has 1 N–H and O–H groups in total. The van der Waals surface area contributed by atoms with Crippen molar-refractivity contribution in [1.82, 2.24) is 4.90 Å². The molecule has 0 unspecified atom stereocenters. The Hall–Kier alpha value is -3.15. The molecule has 26 heavy (non-hydrogen) atoms. The number of hydrogen-bond acceptors (Lipinski definition) is 4. The quantitative estimate of drug-likeness (QED) is 0.886. The fourth-order valence-corrected chi connectivity index (χ4v) is 3.16. The van der Waals surface area contributed by atoms with Crippen LogP contribution in [0.5, 0.6) is 0 Å². The molecule has 134 valence electrons. The molecule has 0 bridgehead atoms. The Morgan fingerprint density at radius 2 is 1.88 bits per heavy atom. The number of aromatic carboxylic acids is 1. The van der Waals surface area contributed by atoms with Gasteiger partial charge in [0.25, 0.3) is 0 Å².